The van der Waals surface area contributed by atoms with E-state index in [9.17, 15) is 4.79 Å². The molecule has 2 rings (SSSR count). The summed E-state index contributed by atoms with van der Waals surface area (Å²) in [5.41, 5.74) is 0. The van der Waals surface area contributed by atoms with Gasteiger partial charge in [-0.1, -0.05) is 12.8 Å². The van der Waals surface area contributed by atoms with E-state index in [-0.39, 0.29) is 12.6 Å². The molecule has 1 aliphatic heterocycles. The van der Waals surface area contributed by atoms with Gasteiger partial charge in [-0.2, -0.15) is 0 Å². The third kappa shape index (κ3) is 2.25. The zero-order valence-corrected chi connectivity index (χ0v) is 9.19. The van der Waals surface area contributed by atoms with Gasteiger partial charge in [0.25, 0.3) is 0 Å². The van der Waals surface area contributed by atoms with E-state index in [1.165, 1.54) is 25.7 Å². The summed E-state index contributed by atoms with van der Waals surface area (Å²) in [5, 5.41) is 8.74. The van der Waals surface area contributed by atoms with E-state index >= 15 is 0 Å². The Morgan fingerprint density at radius 3 is 2.67 bits per heavy atom. The molecular weight excluding hydrogens is 192 g/mol. The zero-order chi connectivity index (χ0) is 10.7. The fraction of sp³-hybridized carbons (Fsp3) is 0.909. The van der Waals surface area contributed by atoms with Crippen LogP contribution in [0.25, 0.3) is 0 Å². The molecule has 1 heterocycles. The number of urea groups is 1. The van der Waals surface area contributed by atoms with E-state index in [1.807, 2.05) is 9.80 Å². The number of hydrogen-bond donors (Lipinski definition) is 1. The van der Waals surface area contributed by atoms with Crippen LogP contribution in [0.15, 0.2) is 0 Å². The van der Waals surface area contributed by atoms with Gasteiger partial charge in [-0.25, -0.2) is 4.79 Å². The first kappa shape index (κ1) is 10.7. The molecule has 4 nitrogen and oxygen atoms in total. The van der Waals surface area contributed by atoms with Crippen LogP contribution in [-0.4, -0.2) is 53.2 Å². The Bertz CT molecular complexity index is 227. The van der Waals surface area contributed by atoms with Crippen molar-refractivity contribution in [2.45, 2.75) is 38.1 Å². The zero-order valence-electron chi connectivity index (χ0n) is 9.19. The van der Waals surface area contributed by atoms with E-state index < -0.39 is 0 Å². The van der Waals surface area contributed by atoms with Crippen LogP contribution in [-0.2, 0) is 0 Å². The Kier molecular flexibility index (Phi) is 3.46. The Morgan fingerprint density at radius 2 is 2.00 bits per heavy atom. The largest absolute Gasteiger partial charge is 0.396 e. The average Bonchev–Trinajstić information content (AvgIpc) is 2.84. The number of carbonyl (C=O) groups excluding carboxylic acids is 1. The lowest BCUT2D eigenvalue weighted by Gasteiger charge is -2.24. The fourth-order valence-corrected chi connectivity index (χ4v) is 2.63. The molecule has 0 spiro atoms. The van der Waals surface area contributed by atoms with Gasteiger partial charge in [-0.05, 0) is 19.3 Å². The second-order valence-electron chi connectivity index (χ2n) is 4.48. The molecule has 4 heteroatoms. The molecule has 0 radical (unpaired) electrons. The lowest BCUT2D eigenvalue weighted by Crippen LogP contribution is -2.38. The van der Waals surface area contributed by atoms with Gasteiger partial charge in [0.1, 0.15) is 0 Å². The van der Waals surface area contributed by atoms with Gasteiger partial charge in [0.05, 0.1) is 0 Å². The molecule has 1 aliphatic carbocycles. The molecule has 86 valence electrons. The van der Waals surface area contributed by atoms with Gasteiger partial charge >= 0.3 is 6.03 Å². The molecule has 0 atom stereocenters. The molecule has 0 bridgehead atoms. The number of carbonyl (C=O) groups is 1. The van der Waals surface area contributed by atoms with Crippen molar-refractivity contribution in [1.29, 1.82) is 0 Å². The van der Waals surface area contributed by atoms with Crippen LogP contribution in [0.3, 0.4) is 0 Å². The first-order valence-corrected chi connectivity index (χ1v) is 5.99. The van der Waals surface area contributed by atoms with Gasteiger partial charge in [-0.3, -0.25) is 0 Å². The molecule has 2 amide bonds. The maximum absolute atomic E-state index is 12.0. The Hall–Kier alpha value is -0.770. The summed E-state index contributed by atoms with van der Waals surface area (Å²) in [6.07, 6.45) is 5.60. The van der Waals surface area contributed by atoms with Gasteiger partial charge in [-0.15, -0.1) is 0 Å². The van der Waals surface area contributed by atoms with Crippen molar-refractivity contribution in [2.24, 2.45) is 0 Å². The SMILES string of the molecule is O=C1N(CCCO)CCN1C1CCCC1. The van der Waals surface area contributed by atoms with E-state index in [0.717, 1.165) is 13.1 Å². The van der Waals surface area contributed by atoms with Gasteiger partial charge in [0.2, 0.25) is 0 Å². The van der Waals surface area contributed by atoms with E-state index in [4.69, 9.17) is 5.11 Å². The minimum Gasteiger partial charge on any atom is -0.396 e. The molecule has 1 N–H and O–H groups in total. The first-order chi connectivity index (χ1) is 7.33. The predicted octanol–water partition coefficient (Wildman–Crippen LogP) is 1.05. The predicted molar refractivity (Wildman–Crippen MR) is 57.6 cm³/mol. The smallest absolute Gasteiger partial charge is 0.320 e. The molecule has 2 aliphatic rings. The monoisotopic (exact) mass is 212 g/mol. The van der Waals surface area contributed by atoms with Gasteiger partial charge in [0.15, 0.2) is 0 Å². The van der Waals surface area contributed by atoms with Crippen LogP contribution in [0, 0.1) is 0 Å². The molecule has 1 saturated carbocycles. The summed E-state index contributed by atoms with van der Waals surface area (Å²) in [6, 6.07) is 0.687. The summed E-state index contributed by atoms with van der Waals surface area (Å²) in [7, 11) is 0. The van der Waals surface area contributed by atoms with E-state index in [1.54, 1.807) is 0 Å². The van der Waals surface area contributed by atoms with Crippen LogP contribution in [0.4, 0.5) is 4.79 Å². The molecule has 2 fully saturated rings. The second kappa shape index (κ2) is 4.84. The molecular formula is C11H20N2O2. The fourth-order valence-electron chi connectivity index (χ4n) is 2.63. The Morgan fingerprint density at radius 1 is 1.27 bits per heavy atom. The Labute approximate surface area is 90.9 Å². The van der Waals surface area contributed by atoms with Crippen molar-refractivity contribution in [1.82, 2.24) is 9.80 Å². The highest BCUT2D eigenvalue weighted by atomic mass is 16.3. The molecule has 0 aromatic carbocycles. The topological polar surface area (TPSA) is 43.8 Å². The highest BCUT2D eigenvalue weighted by Crippen LogP contribution is 2.26. The van der Waals surface area contributed by atoms with E-state index in [2.05, 4.69) is 0 Å². The average molecular weight is 212 g/mol. The summed E-state index contributed by atoms with van der Waals surface area (Å²) in [4.78, 5) is 15.9. The molecule has 0 aromatic rings. The van der Waals surface area contributed by atoms with Crippen molar-refractivity contribution in [3.05, 3.63) is 0 Å². The first-order valence-electron chi connectivity index (χ1n) is 5.99. The third-order valence-corrected chi connectivity index (χ3v) is 3.48. The normalized spacial score (nSPS) is 23.1. The summed E-state index contributed by atoms with van der Waals surface area (Å²) < 4.78 is 0. The minimum atomic E-state index is 0.174. The van der Waals surface area contributed by atoms with E-state index in [0.29, 0.717) is 19.0 Å². The number of rotatable bonds is 4. The van der Waals surface area contributed by atoms with Crippen molar-refractivity contribution < 1.29 is 9.90 Å². The summed E-state index contributed by atoms with van der Waals surface area (Å²) in [5.74, 6) is 0. The lowest BCUT2D eigenvalue weighted by molar-refractivity contribution is 0.174. The van der Waals surface area contributed by atoms with Gasteiger partial charge in [0, 0.05) is 32.3 Å². The van der Waals surface area contributed by atoms with Crippen LogP contribution >= 0.6 is 0 Å². The maximum atomic E-state index is 12.0. The van der Waals surface area contributed by atoms with Crippen LogP contribution < -0.4 is 0 Å². The molecule has 1 saturated heterocycles. The third-order valence-electron chi connectivity index (χ3n) is 3.48. The highest BCUT2D eigenvalue weighted by Gasteiger charge is 2.34. The number of amides is 2. The van der Waals surface area contributed by atoms with Crippen LogP contribution in [0.1, 0.15) is 32.1 Å². The Balaban J connectivity index is 1.85. The standard InChI is InChI=1S/C11H20N2O2/c14-9-3-6-12-7-8-13(11(12)15)10-4-1-2-5-10/h10,14H,1-9H2. The molecule has 0 unspecified atom stereocenters. The molecule has 15 heavy (non-hydrogen) atoms. The summed E-state index contributed by atoms with van der Waals surface area (Å²) >= 11 is 0. The van der Waals surface area contributed by atoms with Crippen LogP contribution in [0.2, 0.25) is 0 Å². The number of aliphatic hydroxyl groups excluding tert-OH is 1. The number of nitrogens with zero attached hydrogens (tertiary/aromatic N) is 2. The number of hydrogen-bond acceptors (Lipinski definition) is 2. The van der Waals surface area contributed by atoms with Crippen molar-refractivity contribution in [2.75, 3.05) is 26.2 Å². The lowest BCUT2D eigenvalue weighted by atomic mass is 10.2. The molecule has 0 aromatic heterocycles. The summed E-state index contributed by atoms with van der Waals surface area (Å²) in [6.45, 7) is 2.61. The van der Waals surface area contributed by atoms with Crippen molar-refractivity contribution in [3.8, 4) is 0 Å². The number of aliphatic hydroxyl groups is 1. The van der Waals surface area contributed by atoms with Gasteiger partial charge < -0.3 is 14.9 Å². The second-order valence-corrected chi connectivity index (χ2v) is 4.48. The van der Waals surface area contributed by atoms with Crippen LogP contribution in [0.5, 0.6) is 0 Å². The van der Waals surface area contributed by atoms with Crippen molar-refractivity contribution >= 4 is 6.03 Å². The minimum absolute atomic E-state index is 0.174. The quantitative estimate of drug-likeness (QED) is 0.757. The van der Waals surface area contributed by atoms with Crippen molar-refractivity contribution in [3.63, 3.8) is 0 Å². The maximum Gasteiger partial charge on any atom is 0.320 e. The highest BCUT2D eigenvalue weighted by molar-refractivity contribution is 5.76.